The summed E-state index contributed by atoms with van der Waals surface area (Å²) in [5, 5.41) is 0. The molecule has 2 rings (SSSR count). The van der Waals surface area contributed by atoms with Gasteiger partial charge in [-0.3, -0.25) is 0 Å². The van der Waals surface area contributed by atoms with Crippen LogP contribution >= 0.6 is 0 Å². The van der Waals surface area contributed by atoms with E-state index in [0.717, 1.165) is 0 Å². The molecule has 1 aromatic carbocycles. The fourth-order valence-corrected chi connectivity index (χ4v) is 3.02. The number of sulfone groups is 1. The van der Waals surface area contributed by atoms with Crippen molar-refractivity contribution in [2.45, 2.75) is 4.90 Å². The summed E-state index contributed by atoms with van der Waals surface area (Å²) in [5.41, 5.74) is 6.06. The lowest BCUT2D eigenvalue weighted by Crippen LogP contribution is -2.33. The van der Waals surface area contributed by atoms with Crippen molar-refractivity contribution in [3.05, 3.63) is 24.3 Å². The minimum absolute atomic E-state index is 0.146. The van der Waals surface area contributed by atoms with Crippen molar-refractivity contribution in [2.24, 2.45) is 5.92 Å². The number of ether oxygens (including phenoxy) is 1. The van der Waals surface area contributed by atoms with Gasteiger partial charge in [0.1, 0.15) is 0 Å². The molecule has 1 aliphatic rings. The average Bonchev–Trinajstić information content (AvgIpc) is 2.13. The Kier molecular flexibility index (Phi) is 2.67. The maximum Gasteiger partial charge on any atom is 0.178 e. The zero-order valence-electron chi connectivity index (χ0n) is 8.22. The summed E-state index contributed by atoms with van der Waals surface area (Å²) in [7, 11) is -3.17. The van der Waals surface area contributed by atoms with Gasteiger partial charge in [-0.2, -0.15) is 0 Å². The highest BCUT2D eigenvalue weighted by molar-refractivity contribution is 7.91. The number of nitrogens with two attached hydrogens (primary N) is 1. The molecule has 0 aromatic heterocycles. The van der Waals surface area contributed by atoms with E-state index in [1.165, 1.54) is 0 Å². The molecule has 82 valence electrons. The second-order valence-electron chi connectivity index (χ2n) is 3.75. The van der Waals surface area contributed by atoms with Crippen molar-refractivity contribution in [2.75, 3.05) is 24.7 Å². The molecule has 0 aliphatic carbocycles. The van der Waals surface area contributed by atoms with Crippen molar-refractivity contribution < 1.29 is 13.2 Å². The Morgan fingerprint density at radius 3 is 2.33 bits per heavy atom. The monoisotopic (exact) mass is 227 g/mol. The van der Waals surface area contributed by atoms with Crippen LogP contribution in [0, 0.1) is 5.92 Å². The normalized spacial score (nSPS) is 17.3. The third kappa shape index (κ3) is 2.30. The van der Waals surface area contributed by atoms with Gasteiger partial charge in [0.2, 0.25) is 0 Å². The van der Waals surface area contributed by atoms with Crippen LogP contribution in [0.4, 0.5) is 5.69 Å². The molecule has 1 aromatic rings. The average molecular weight is 227 g/mol. The number of benzene rings is 1. The van der Waals surface area contributed by atoms with Gasteiger partial charge in [-0.1, -0.05) is 0 Å². The molecule has 0 amide bonds. The first kappa shape index (κ1) is 10.4. The Bertz CT molecular complexity index is 434. The molecule has 0 atom stereocenters. The summed E-state index contributed by atoms with van der Waals surface area (Å²) >= 11 is 0. The lowest BCUT2D eigenvalue weighted by atomic mass is 10.1. The van der Waals surface area contributed by atoms with Crippen LogP contribution in [0.3, 0.4) is 0 Å². The molecule has 0 bridgehead atoms. The predicted molar refractivity (Wildman–Crippen MR) is 57.2 cm³/mol. The van der Waals surface area contributed by atoms with Crippen LogP contribution in [0.1, 0.15) is 0 Å². The lowest BCUT2D eigenvalue weighted by molar-refractivity contribution is -0.0204. The van der Waals surface area contributed by atoms with Crippen molar-refractivity contribution in [3.63, 3.8) is 0 Å². The summed E-state index contributed by atoms with van der Waals surface area (Å²) < 4.78 is 28.7. The summed E-state index contributed by atoms with van der Waals surface area (Å²) in [6.45, 7) is 1.10. The van der Waals surface area contributed by atoms with Crippen molar-refractivity contribution >= 4 is 15.5 Å². The van der Waals surface area contributed by atoms with Crippen LogP contribution in [-0.2, 0) is 14.6 Å². The van der Waals surface area contributed by atoms with Gasteiger partial charge in [0.15, 0.2) is 9.84 Å². The molecule has 0 spiro atoms. The molecule has 1 heterocycles. The van der Waals surface area contributed by atoms with Crippen LogP contribution in [0.15, 0.2) is 29.2 Å². The van der Waals surface area contributed by atoms with E-state index in [9.17, 15) is 8.42 Å². The molecule has 0 unspecified atom stereocenters. The third-order valence-electron chi connectivity index (χ3n) is 2.40. The lowest BCUT2D eigenvalue weighted by Gasteiger charge is -2.25. The van der Waals surface area contributed by atoms with E-state index in [1.54, 1.807) is 24.3 Å². The maximum atomic E-state index is 11.9. The van der Waals surface area contributed by atoms with E-state index < -0.39 is 9.84 Å². The molecular formula is C10H13NO3S. The number of rotatable bonds is 3. The number of hydrogen-bond donors (Lipinski definition) is 1. The molecule has 1 aliphatic heterocycles. The molecule has 0 radical (unpaired) electrons. The molecule has 5 heteroatoms. The van der Waals surface area contributed by atoms with Gasteiger partial charge in [0.25, 0.3) is 0 Å². The van der Waals surface area contributed by atoms with Crippen LogP contribution in [-0.4, -0.2) is 27.4 Å². The zero-order chi connectivity index (χ0) is 10.9. The van der Waals surface area contributed by atoms with Gasteiger partial charge >= 0.3 is 0 Å². The van der Waals surface area contributed by atoms with Gasteiger partial charge in [-0.05, 0) is 24.3 Å². The quantitative estimate of drug-likeness (QED) is 0.771. The Labute approximate surface area is 89.0 Å². The Balaban J connectivity index is 2.17. The Morgan fingerprint density at radius 2 is 1.87 bits per heavy atom. The number of anilines is 1. The number of hydrogen-bond acceptors (Lipinski definition) is 4. The van der Waals surface area contributed by atoms with E-state index in [2.05, 4.69) is 0 Å². The van der Waals surface area contributed by atoms with E-state index in [4.69, 9.17) is 10.5 Å². The molecule has 0 saturated carbocycles. The van der Waals surface area contributed by atoms with Crippen molar-refractivity contribution in [1.82, 2.24) is 0 Å². The van der Waals surface area contributed by atoms with E-state index in [1.807, 2.05) is 0 Å². The minimum Gasteiger partial charge on any atom is -0.399 e. The first-order chi connectivity index (χ1) is 7.08. The first-order valence-electron chi connectivity index (χ1n) is 4.74. The fourth-order valence-electron chi connectivity index (χ4n) is 1.46. The smallest absolute Gasteiger partial charge is 0.178 e. The topological polar surface area (TPSA) is 69.4 Å². The molecule has 2 N–H and O–H groups in total. The second kappa shape index (κ2) is 3.83. The maximum absolute atomic E-state index is 11.9. The van der Waals surface area contributed by atoms with Gasteiger partial charge in [0, 0.05) is 11.6 Å². The molecule has 1 saturated heterocycles. The van der Waals surface area contributed by atoms with Gasteiger partial charge in [-0.15, -0.1) is 0 Å². The zero-order valence-corrected chi connectivity index (χ0v) is 9.03. The van der Waals surface area contributed by atoms with Crippen LogP contribution < -0.4 is 5.73 Å². The summed E-state index contributed by atoms with van der Waals surface area (Å²) in [6, 6.07) is 6.29. The molecule has 1 fully saturated rings. The molecular weight excluding hydrogens is 214 g/mol. The first-order valence-corrected chi connectivity index (χ1v) is 6.39. The Hall–Kier alpha value is -1.07. The van der Waals surface area contributed by atoms with Crippen molar-refractivity contribution in [3.8, 4) is 0 Å². The highest BCUT2D eigenvalue weighted by Gasteiger charge is 2.26. The van der Waals surface area contributed by atoms with Crippen LogP contribution in [0.5, 0.6) is 0 Å². The van der Waals surface area contributed by atoms with Crippen LogP contribution in [0.25, 0.3) is 0 Å². The molecule has 15 heavy (non-hydrogen) atoms. The second-order valence-corrected chi connectivity index (χ2v) is 5.79. The summed E-state index contributed by atoms with van der Waals surface area (Å²) in [4.78, 5) is 0.337. The molecule has 4 nitrogen and oxygen atoms in total. The van der Waals surface area contributed by atoms with Crippen LogP contribution in [0.2, 0.25) is 0 Å². The summed E-state index contributed by atoms with van der Waals surface area (Å²) in [6.07, 6.45) is 0. The van der Waals surface area contributed by atoms with E-state index in [0.29, 0.717) is 23.8 Å². The predicted octanol–water partition coefficient (Wildman–Crippen LogP) is 0.689. The van der Waals surface area contributed by atoms with E-state index >= 15 is 0 Å². The van der Waals surface area contributed by atoms with Gasteiger partial charge < -0.3 is 10.5 Å². The highest BCUT2D eigenvalue weighted by Crippen LogP contribution is 2.19. The SMILES string of the molecule is Nc1ccc(S(=O)(=O)CC2COC2)cc1. The fraction of sp³-hybridized carbons (Fsp3) is 0.400. The minimum atomic E-state index is -3.17. The largest absolute Gasteiger partial charge is 0.399 e. The van der Waals surface area contributed by atoms with E-state index in [-0.39, 0.29) is 11.7 Å². The third-order valence-corrected chi connectivity index (χ3v) is 4.30. The highest BCUT2D eigenvalue weighted by atomic mass is 32.2. The Morgan fingerprint density at radius 1 is 1.27 bits per heavy atom. The standard InChI is InChI=1S/C10H13NO3S/c11-9-1-3-10(4-2-9)15(12,13)7-8-5-14-6-8/h1-4,8H,5-7,11H2. The van der Waals surface area contributed by atoms with Gasteiger partial charge in [0.05, 0.1) is 23.9 Å². The number of nitrogen functional groups attached to an aromatic ring is 1. The van der Waals surface area contributed by atoms with Crippen molar-refractivity contribution in [1.29, 1.82) is 0 Å². The van der Waals surface area contributed by atoms with Gasteiger partial charge in [-0.25, -0.2) is 8.42 Å². The summed E-state index contributed by atoms with van der Waals surface area (Å²) in [5.74, 6) is 0.309.